The highest BCUT2D eigenvalue weighted by atomic mass is 16.3. The lowest BCUT2D eigenvalue weighted by atomic mass is 10.0. The maximum Gasteiger partial charge on any atom is 0.181 e. The number of oxazole rings is 1. The molecule has 4 aromatic rings. The van der Waals surface area contributed by atoms with E-state index in [1.807, 2.05) is 47.9 Å². The Morgan fingerprint density at radius 1 is 1.18 bits per heavy atom. The lowest BCUT2D eigenvalue weighted by molar-refractivity contribution is 0.568. The third kappa shape index (κ3) is 2.45. The highest BCUT2D eigenvalue weighted by Gasteiger charge is 2.28. The number of terminal acetylenes is 1. The van der Waals surface area contributed by atoms with Gasteiger partial charge >= 0.3 is 0 Å². The summed E-state index contributed by atoms with van der Waals surface area (Å²) in [6, 6.07) is 11.5. The van der Waals surface area contributed by atoms with E-state index in [-0.39, 0.29) is 6.04 Å². The van der Waals surface area contributed by atoms with Gasteiger partial charge in [-0.05, 0) is 37.3 Å². The van der Waals surface area contributed by atoms with E-state index in [0.717, 1.165) is 39.6 Å². The van der Waals surface area contributed by atoms with Crippen LogP contribution in [0.4, 0.5) is 0 Å². The number of aromatic nitrogens is 4. The maximum absolute atomic E-state index is 5.65. The first-order valence-corrected chi connectivity index (χ1v) is 8.83. The predicted molar refractivity (Wildman–Crippen MR) is 105 cm³/mol. The fourth-order valence-electron chi connectivity index (χ4n) is 3.53. The van der Waals surface area contributed by atoms with Crippen molar-refractivity contribution in [2.24, 2.45) is 4.99 Å². The molecule has 28 heavy (non-hydrogen) atoms. The van der Waals surface area contributed by atoms with Crippen molar-refractivity contribution in [3.05, 3.63) is 84.0 Å². The molecule has 0 fully saturated rings. The smallest absolute Gasteiger partial charge is 0.181 e. The summed E-state index contributed by atoms with van der Waals surface area (Å²) in [7, 11) is 0. The molecule has 1 aliphatic heterocycles. The first-order chi connectivity index (χ1) is 13.8. The van der Waals surface area contributed by atoms with E-state index in [4.69, 9.17) is 15.8 Å². The van der Waals surface area contributed by atoms with Gasteiger partial charge < -0.3 is 4.42 Å². The number of hydrogen-bond donors (Lipinski definition) is 0. The number of aliphatic imine (C=N–C) groups is 1. The van der Waals surface area contributed by atoms with Gasteiger partial charge in [0.1, 0.15) is 12.0 Å². The van der Waals surface area contributed by atoms with Crippen LogP contribution >= 0.6 is 0 Å². The lowest BCUT2D eigenvalue weighted by Gasteiger charge is -2.12. The van der Waals surface area contributed by atoms with Gasteiger partial charge in [0, 0.05) is 17.3 Å². The second-order valence-corrected chi connectivity index (χ2v) is 6.46. The number of pyridine rings is 1. The fourth-order valence-corrected chi connectivity index (χ4v) is 3.53. The summed E-state index contributed by atoms with van der Waals surface area (Å²) in [4.78, 5) is 18.1. The van der Waals surface area contributed by atoms with Gasteiger partial charge in [0.2, 0.25) is 0 Å². The van der Waals surface area contributed by atoms with Crippen LogP contribution < -0.4 is 0 Å². The average Bonchev–Trinajstić information content (AvgIpc) is 3.39. The Hall–Kier alpha value is -3.98. The van der Waals surface area contributed by atoms with Gasteiger partial charge in [-0.3, -0.25) is 14.5 Å². The molecule has 6 heteroatoms. The van der Waals surface area contributed by atoms with Gasteiger partial charge in [0.25, 0.3) is 0 Å². The van der Waals surface area contributed by atoms with Crippen molar-refractivity contribution in [2.75, 3.05) is 0 Å². The third-order valence-corrected chi connectivity index (χ3v) is 4.77. The van der Waals surface area contributed by atoms with E-state index in [2.05, 4.69) is 20.9 Å². The zero-order valence-electron chi connectivity index (χ0n) is 15.1. The standard InChI is InChI=1S/C22H15N5O/c1-3-15-7-8-18-16(10-15)20(17-6-4-5-9-24-17)26-14(2)22-21(25-12-27(18)22)19-11-23-13-28-19/h1,4-14H,2H3/t14-/m0/s1. The van der Waals surface area contributed by atoms with Crippen molar-refractivity contribution in [3.63, 3.8) is 0 Å². The van der Waals surface area contributed by atoms with Crippen LogP contribution in [0, 0.1) is 12.3 Å². The number of hydrogen-bond acceptors (Lipinski definition) is 5. The Morgan fingerprint density at radius 2 is 2.11 bits per heavy atom. The van der Waals surface area contributed by atoms with E-state index in [1.165, 1.54) is 6.39 Å². The fraction of sp³-hybridized carbons (Fsp3) is 0.0909. The molecule has 0 saturated carbocycles. The molecular weight excluding hydrogens is 350 g/mol. The molecule has 0 spiro atoms. The molecule has 1 atom stereocenters. The largest absolute Gasteiger partial charge is 0.442 e. The molecule has 0 bridgehead atoms. The van der Waals surface area contributed by atoms with Crippen molar-refractivity contribution < 1.29 is 4.42 Å². The van der Waals surface area contributed by atoms with E-state index < -0.39 is 0 Å². The minimum Gasteiger partial charge on any atom is -0.442 e. The zero-order valence-corrected chi connectivity index (χ0v) is 15.1. The predicted octanol–water partition coefficient (Wildman–Crippen LogP) is 3.82. The molecule has 5 rings (SSSR count). The van der Waals surface area contributed by atoms with Crippen molar-refractivity contribution >= 4 is 5.71 Å². The van der Waals surface area contributed by atoms with E-state index >= 15 is 0 Å². The van der Waals surface area contributed by atoms with E-state index in [9.17, 15) is 0 Å². The number of rotatable bonds is 2. The second-order valence-electron chi connectivity index (χ2n) is 6.46. The van der Waals surface area contributed by atoms with Crippen LogP contribution in [-0.4, -0.2) is 25.2 Å². The van der Waals surface area contributed by atoms with Gasteiger partial charge in [-0.1, -0.05) is 12.0 Å². The summed E-state index contributed by atoms with van der Waals surface area (Å²) in [6.45, 7) is 2.03. The summed E-state index contributed by atoms with van der Waals surface area (Å²) in [5, 5.41) is 0. The summed E-state index contributed by atoms with van der Waals surface area (Å²) >= 11 is 0. The van der Waals surface area contributed by atoms with Gasteiger partial charge in [0.05, 0.1) is 35.0 Å². The first kappa shape index (κ1) is 16.2. The van der Waals surface area contributed by atoms with Gasteiger partial charge in [-0.25, -0.2) is 9.97 Å². The monoisotopic (exact) mass is 365 g/mol. The van der Waals surface area contributed by atoms with Crippen LogP contribution in [0.25, 0.3) is 17.1 Å². The van der Waals surface area contributed by atoms with Gasteiger partial charge in [0.15, 0.2) is 12.2 Å². The van der Waals surface area contributed by atoms with E-state index in [1.54, 1.807) is 18.7 Å². The van der Waals surface area contributed by atoms with E-state index in [0.29, 0.717) is 5.76 Å². The second kappa shape index (κ2) is 6.32. The Morgan fingerprint density at radius 3 is 2.86 bits per heavy atom. The Bertz CT molecular complexity index is 1230. The summed E-state index contributed by atoms with van der Waals surface area (Å²) in [5.74, 6) is 3.32. The van der Waals surface area contributed by atoms with Crippen LogP contribution in [0.1, 0.15) is 35.5 Å². The minimum absolute atomic E-state index is 0.179. The molecule has 0 aliphatic carbocycles. The van der Waals surface area contributed by atoms with Crippen LogP contribution in [0.15, 0.2) is 70.9 Å². The number of imidazole rings is 1. The third-order valence-electron chi connectivity index (χ3n) is 4.77. The normalized spacial score (nSPS) is 15.1. The Kier molecular flexibility index (Phi) is 3.66. The molecule has 0 N–H and O–H groups in total. The van der Waals surface area contributed by atoms with Crippen LogP contribution in [0.5, 0.6) is 0 Å². The number of benzene rings is 1. The van der Waals surface area contributed by atoms with Crippen molar-refractivity contribution in [3.8, 4) is 29.5 Å². The average molecular weight is 365 g/mol. The molecule has 0 unspecified atom stereocenters. The minimum atomic E-state index is -0.179. The first-order valence-electron chi connectivity index (χ1n) is 8.83. The molecule has 0 amide bonds. The van der Waals surface area contributed by atoms with Crippen molar-refractivity contribution in [1.82, 2.24) is 19.5 Å². The lowest BCUT2D eigenvalue weighted by Crippen LogP contribution is -2.09. The Balaban J connectivity index is 1.81. The maximum atomic E-state index is 5.65. The van der Waals surface area contributed by atoms with Crippen molar-refractivity contribution in [1.29, 1.82) is 0 Å². The van der Waals surface area contributed by atoms with Gasteiger partial charge in [-0.2, -0.15) is 0 Å². The number of fused-ring (bicyclic) bond motifs is 3. The SMILES string of the molecule is C#Cc1ccc2c(c1)C(c1ccccn1)=N[C@@H](C)c1c(-c3cnco3)ncn1-2. The summed E-state index contributed by atoms with van der Waals surface area (Å²) in [6.07, 6.45) is 12.3. The van der Waals surface area contributed by atoms with Crippen molar-refractivity contribution in [2.45, 2.75) is 13.0 Å². The molecule has 6 nitrogen and oxygen atoms in total. The van der Waals surface area contributed by atoms with Crippen LogP contribution in [0.3, 0.4) is 0 Å². The zero-order chi connectivity index (χ0) is 19.1. The molecule has 3 aromatic heterocycles. The molecule has 134 valence electrons. The van der Waals surface area contributed by atoms with Crippen LogP contribution in [-0.2, 0) is 0 Å². The molecule has 1 aliphatic rings. The Labute approximate surface area is 161 Å². The molecular formula is C22H15N5O. The summed E-state index contributed by atoms with van der Waals surface area (Å²) in [5.41, 5.74) is 5.90. The van der Waals surface area contributed by atoms with Crippen LogP contribution in [0.2, 0.25) is 0 Å². The molecule has 0 saturated heterocycles. The summed E-state index contributed by atoms with van der Waals surface area (Å²) < 4.78 is 7.53. The highest BCUT2D eigenvalue weighted by molar-refractivity contribution is 6.14. The van der Waals surface area contributed by atoms with Gasteiger partial charge in [-0.15, -0.1) is 6.42 Å². The molecule has 4 heterocycles. The molecule has 1 aromatic carbocycles. The molecule has 0 radical (unpaired) electrons. The number of nitrogens with zero attached hydrogens (tertiary/aromatic N) is 5. The quantitative estimate of drug-likeness (QED) is 0.507. The highest BCUT2D eigenvalue weighted by Crippen LogP contribution is 2.36. The topological polar surface area (TPSA) is 69.1 Å².